The molecular formula is C25H19NO4S. The van der Waals surface area contributed by atoms with Crippen LogP contribution in [0.5, 0.6) is 0 Å². The summed E-state index contributed by atoms with van der Waals surface area (Å²) < 4.78 is 5.76. The van der Waals surface area contributed by atoms with Crippen molar-refractivity contribution in [1.29, 1.82) is 0 Å². The fraction of sp³-hybridized carbons (Fsp3) is 0.120. The Balaban J connectivity index is 1.66. The number of carbonyl (C=O) groups excluding carboxylic acids is 2. The van der Waals surface area contributed by atoms with E-state index in [9.17, 15) is 14.7 Å². The first-order valence-electron chi connectivity index (χ1n) is 9.86. The highest BCUT2D eigenvalue weighted by atomic mass is 32.1. The van der Waals surface area contributed by atoms with Crippen LogP contribution in [-0.4, -0.2) is 16.8 Å². The van der Waals surface area contributed by atoms with Crippen LogP contribution in [0.2, 0.25) is 0 Å². The van der Waals surface area contributed by atoms with Gasteiger partial charge in [-0.05, 0) is 55.1 Å². The van der Waals surface area contributed by atoms with Gasteiger partial charge in [0.25, 0.3) is 5.91 Å². The Kier molecular flexibility index (Phi) is 4.52. The number of furan rings is 1. The molecule has 4 aromatic rings. The first-order valence-corrected chi connectivity index (χ1v) is 10.7. The molecule has 1 aliphatic heterocycles. The van der Waals surface area contributed by atoms with Crippen LogP contribution in [-0.2, 0) is 4.79 Å². The number of anilines is 1. The Morgan fingerprint density at radius 2 is 1.81 bits per heavy atom. The van der Waals surface area contributed by atoms with Gasteiger partial charge in [0.05, 0.1) is 5.57 Å². The van der Waals surface area contributed by atoms with Crippen molar-refractivity contribution in [3.63, 3.8) is 0 Å². The van der Waals surface area contributed by atoms with E-state index < -0.39 is 23.5 Å². The molecule has 2 aromatic heterocycles. The van der Waals surface area contributed by atoms with Crippen LogP contribution in [0.25, 0.3) is 11.0 Å². The highest BCUT2D eigenvalue weighted by Crippen LogP contribution is 2.44. The molecule has 1 aliphatic rings. The Morgan fingerprint density at radius 3 is 2.48 bits per heavy atom. The number of hydrogen-bond acceptors (Lipinski definition) is 5. The molecule has 0 saturated carbocycles. The minimum atomic E-state index is -0.726. The number of benzene rings is 2. The molecule has 0 fully saturated rings. The Labute approximate surface area is 182 Å². The zero-order valence-corrected chi connectivity index (χ0v) is 17.8. The molecular weight excluding hydrogens is 410 g/mol. The second-order valence-corrected chi connectivity index (χ2v) is 8.57. The summed E-state index contributed by atoms with van der Waals surface area (Å²) in [5.41, 5.74) is 3.23. The number of rotatable bonds is 4. The number of thiophene rings is 1. The predicted molar refractivity (Wildman–Crippen MR) is 121 cm³/mol. The quantitative estimate of drug-likeness (QED) is 0.410. The predicted octanol–water partition coefficient (Wildman–Crippen LogP) is 5.89. The maximum Gasteiger partial charge on any atom is 0.294 e. The molecule has 0 saturated heterocycles. The highest BCUT2D eigenvalue weighted by molar-refractivity contribution is 7.10. The van der Waals surface area contributed by atoms with E-state index in [-0.39, 0.29) is 11.3 Å². The fourth-order valence-electron chi connectivity index (χ4n) is 3.95. The van der Waals surface area contributed by atoms with Crippen molar-refractivity contribution in [2.75, 3.05) is 4.90 Å². The van der Waals surface area contributed by atoms with Crippen LogP contribution < -0.4 is 4.90 Å². The van der Waals surface area contributed by atoms with Crippen molar-refractivity contribution < 1.29 is 19.1 Å². The van der Waals surface area contributed by atoms with E-state index in [1.165, 1.54) is 16.2 Å². The molecule has 0 radical (unpaired) electrons. The lowest BCUT2D eigenvalue weighted by Crippen LogP contribution is -2.30. The van der Waals surface area contributed by atoms with Crippen LogP contribution >= 0.6 is 11.3 Å². The van der Waals surface area contributed by atoms with Gasteiger partial charge >= 0.3 is 0 Å². The molecule has 6 heteroatoms. The molecule has 5 nitrogen and oxygen atoms in total. The molecule has 154 valence electrons. The SMILES string of the molecule is Cc1ccc(N2C(=O)C(O)=C(C(=O)c3cc4ccccc4o3)C2c2sccc2C)cc1. The van der Waals surface area contributed by atoms with E-state index in [0.717, 1.165) is 21.4 Å². The normalized spacial score (nSPS) is 16.5. The average Bonchev–Trinajstić information content (AvgIpc) is 3.45. The third-order valence-electron chi connectivity index (χ3n) is 5.56. The van der Waals surface area contributed by atoms with Crippen molar-refractivity contribution in [2.24, 2.45) is 0 Å². The molecule has 0 aliphatic carbocycles. The van der Waals surface area contributed by atoms with Crippen molar-refractivity contribution >= 4 is 39.7 Å². The van der Waals surface area contributed by atoms with Gasteiger partial charge in [0.15, 0.2) is 11.5 Å². The fourth-order valence-corrected chi connectivity index (χ4v) is 4.97. The maximum atomic E-state index is 13.5. The minimum absolute atomic E-state index is 0.0372. The van der Waals surface area contributed by atoms with Crippen molar-refractivity contribution in [3.05, 3.63) is 99.1 Å². The van der Waals surface area contributed by atoms with E-state index in [2.05, 4.69) is 0 Å². The van der Waals surface area contributed by atoms with Gasteiger partial charge in [-0.2, -0.15) is 0 Å². The summed E-state index contributed by atoms with van der Waals surface area (Å²) in [5.74, 6) is -1.53. The summed E-state index contributed by atoms with van der Waals surface area (Å²) in [6.07, 6.45) is 0. The van der Waals surface area contributed by atoms with Gasteiger partial charge in [-0.1, -0.05) is 35.9 Å². The van der Waals surface area contributed by atoms with Gasteiger partial charge in [-0.25, -0.2) is 0 Å². The molecule has 1 unspecified atom stereocenters. The molecule has 1 atom stereocenters. The van der Waals surface area contributed by atoms with Gasteiger partial charge in [0, 0.05) is 16.0 Å². The second kappa shape index (κ2) is 7.25. The minimum Gasteiger partial charge on any atom is -0.503 e. The van der Waals surface area contributed by atoms with Crippen molar-refractivity contribution in [3.8, 4) is 0 Å². The largest absolute Gasteiger partial charge is 0.503 e. The lowest BCUT2D eigenvalue weighted by molar-refractivity contribution is -0.117. The molecule has 3 heterocycles. The van der Waals surface area contributed by atoms with E-state index in [4.69, 9.17) is 4.42 Å². The third kappa shape index (κ3) is 3.07. The highest BCUT2D eigenvalue weighted by Gasteiger charge is 2.46. The van der Waals surface area contributed by atoms with Crippen LogP contribution in [0.4, 0.5) is 5.69 Å². The molecule has 0 spiro atoms. The number of aliphatic hydroxyl groups is 1. The van der Waals surface area contributed by atoms with Crippen molar-refractivity contribution in [1.82, 2.24) is 0 Å². The topological polar surface area (TPSA) is 70.8 Å². The van der Waals surface area contributed by atoms with E-state index in [0.29, 0.717) is 11.3 Å². The number of hydrogen-bond donors (Lipinski definition) is 1. The number of aryl methyl sites for hydroxylation is 2. The maximum absolute atomic E-state index is 13.5. The van der Waals surface area contributed by atoms with Crippen LogP contribution in [0.1, 0.15) is 32.6 Å². The van der Waals surface area contributed by atoms with Gasteiger partial charge < -0.3 is 9.52 Å². The summed E-state index contributed by atoms with van der Waals surface area (Å²) >= 11 is 1.45. The molecule has 31 heavy (non-hydrogen) atoms. The number of para-hydroxylation sites is 1. The smallest absolute Gasteiger partial charge is 0.294 e. The number of carbonyl (C=O) groups is 2. The summed E-state index contributed by atoms with van der Waals surface area (Å²) in [6.45, 7) is 3.89. The first-order chi connectivity index (χ1) is 15.0. The molecule has 2 aromatic carbocycles. The summed E-state index contributed by atoms with van der Waals surface area (Å²) in [6, 6.07) is 17.6. The first kappa shape index (κ1) is 19.3. The number of amides is 1. The van der Waals surface area contributed by atoms with Crippen molar-refractivity contribution in [2.45, 2.75) is 19.9 Å². The Hall–Kier alpha value is -3.64. The van der Waals surface area contributed by atoms with Gasteiger partial charge in [0.1, 0.15) is 11.6 Å². The number of nitrogens with zero attached hydrogens (tertiary/aromatic N) is 1. The number of Topliss-reactive ketones (excluding diaryl/α,β-unsaturated/α-hetero) is 1. The van der Waals surface area contributed by atoms with E-state index >= 15 is 0 Å². The molecule has 0 bridgehead atoms. The van der Waals surface area contributed by atoms with E-state index in [1.54, 1.807) is 12.1 Å². The molecule has 5 rings (SSSR count). The zero-order valence-electron chi connectivity index (χ0n) is 17.0. The second-order valence-electron chi connectivity index (χ2n) is 7.62. The summed E-state index contributed by atoms with van der Waals surface area (Å²) in [4.78, 5) is 29.0. The Bertz CT molecular complexity index is 1330. The van der Waals surface area contributed by atoms with Crippen LogP contribution in [0.3, 0.4) is 0 Å². The summed E-state index contributed by atoms with van der Waals surface area (Å²) in [7, 11) is 0. The van der Waals surface area contributed by atoms with Gasteiger partial charge in [0.2, 0.25) is 5.78 Å². The molecule has 1 amide bonds. The monoisotopic (exact) mass is 429 g/mol. The number of fused-ring (bicyclic) bond motifs is 1. The molecule has 1 N–H and O–H groups in total. The third-order valence-corrected chi connectivity index (χ3v) is 6.64. The Morgan fingerprint density at radius 1 is 1.06 bits per heavy atom. The summed E-state index contributed by atoms with van der Waals surface area (Å²) in [5, 5.41) is 13.5. The van der Waals surface area contributed by atoms with Gasteiger partial charge in [-0.3, -0.25) is 14.5 Å². The van der Waals surface area contributed by atoms with E-state index in [1.807, 2.05) is 67.8 Å². The number of aliphatic hydroxyl groups excluding tert-OH is 1. The lowest BCUT2D eigenvalue weighted by Gasteiger charge is -2.26. The standard InChI is InChI=1S/C25H19NO4S/c1-14-7-9-17(10-8-14)26-21(24-15(2)11-12-31-24)20(23(28)25(26)29)22(27)19-13-16-5-3-4-6-18(16)30-19/h3-13,21,28H,1-2H3. The van der Waals surface area contributed by atoms with Crippen LogP contribution in [0.15, 0.2) is 81.8 Å². The number of ketones is 1. The van der Waals surface area contributed by atoms with Gasteiger partial charge in [-0.15, -0.1) is 11.3 Å². The lowest BCUT2D eigenvalue weighted by atomic mass is 9.98. The van der Waals surface area contributed by atoms with Crippen LogP contribution in [0, 0.1) is 13.8 Å². The average molecular weight is 429 g/mol. The zero-order chi connectivity index (χ0) is 21.7.